The van der Waals surface area contributed by atoms with E-state index in [1.165, 1.54) is 13.8 Å². The summed E-state index contributed by atoms with van der Waals surface area (Å²) >= 11 is 6.04. The number of carbonyl (C=O) groups is 3. The van der Waals surface area contributed by atoms with Gasteiger partial charge in [0.05, 0.1) is 5.56 Å². The summed E-state index contributed by atoms with van der Waals surface area (Å²) in [4.78, 5) is 35.2. The van der Waals surface area contributed by atoms with E-state index in [9.17, 15) is 14.4 Å². The van der Waals surface area contributed by atoms with Crippen LogP contribution in [-0.2, 0) is 27.4 Å². The Morgan fingerprint density at radius 3 is 2.30 bits per heavy atom. The highest BCUT2D eigenvalue weighted by Gasteiger charge is 2.19. The highest BCUT2D eigenvalue weighted by atomic mass is 35.5. The third-order valence-electron chi connectivity index (χ3n) is 3.80. The lowest BCUT2D eigenvalue weighted by Gasteiger charge is -2.14. The number of esters is 1. The van der Waals surface area contributed by atoms with Crippen LogP contribution in [0.4, 0.5) is 0 Å². The van der Waals surface area contributed by atoms with Crippen LogP contribution in [0.25, 0.3) is 0 Å². The number of amides is 2. The van der Waals surface area contributed by atoms with Gasteiger partial charge in [0.25, 0.3) is 5.91 Å². The van der Waals surface area contributed by atoms with Crippen molar-refractivity contribution in [3.63, 3.8) is 0 Å². The van der Waals surface area contributed by atoms with Crippen molar-refractivity contribution in [3.05, 3.63) is 70.2 Å². The summed E-state index contributed by atoms with van der Waals surface area (Å²) in [6.07, 6.45) is -0.945. The number of ether oxygens (including phenoxy) is 1. The predicted molar refractivity (Wildman–Crippen MR) is 102 cm³/mol. The van der Waals surface area contributed by atoms with E-state index in [0.29, 0.717) is 17.1 Å². The number of carbonyl (C=O) groups excluding carboxylic acids is 3. The van der Waals surface area contributed by atoms with E-state index in [1.54, 1.807) is 36.4 Å². The third-order valence-corrected chi connectivity index (χ3v) is 4.16. The van der Waals surface area contributed by atoms with E-state index in [1.807, 2.05) is 12.1 Å². The maximum atomic E-state index is 12.2. The zero-order valence-electron chi connectivity index (χ0n) is 15.1. The minimum absolute atomic E-state index is 0.130. The molecule has 0 bridgehead atoms. The summed E-state index contributed by atoms with van der Waals surface area (Å²) in [5, 5.41) is 5.92. The van der Waals surface area contributed by atoms with Crippen LogP contribution in [0, 0.1) is 0 Å². The highest BCUT2D eigenvalue weighted by Crippen LogP contribution is 2.14. The second-order valence-electron chi connectivity index (χ2n) is 5.96. The van der Waals surface area contributed by atoms with Gasteiger partial charge in [-0.25, -0.2) is 4.79 Å². The van der Waals surface area contributed by atoms with Gasteiger partial charge in [-0.05, 0) is 36.2 Å². The summed E-state index contributed by atoms with van der Waals surface area (Å²) < 4.78 is 5.20. The first-order valence-corrected chi connectivity index (χ1v) is 8.80. The van der Waals surface area contributed by atoms with E-state index in [0.717, 1.165) is 11.1 Å². The van der Waals surface area contributed by atoms with Crippen molar-refractivity contribution in [3.8, 4) is 0 Å². The lowest BCUT2D eigenvalue weighted by Crippen LogP contribution is -2.35. The quantitative estimate of drug-likeness (QED) is 0.714. The fraction of sp³-hybridized carbons (Fsp3) is 0.250. The zero-order chi connectivity index (χ0) is 19.8. The summed E-state index contributed by atoms with van der Waals surface area (Å²) in [7, 11) is 0. The Morgan fingerprint density at radius 2 is 1.67 bits per heavy atom. The average molecular weight is 389 g/mol. The number of halogens is 1. The molecule has 2 N–H and O–H groups in total. The Bertz CT molecular complexity index is 821. The van der Waals surface area contributed by atoms with Gasteiger partial charge in [0.2, 0.25) is 5.91 Å². The van der Waals surface area contributed by atoms with Crippen LogP contribution < -0.4 is 10.6 Å². The minimum atomic E-state index is -0.945. The molecule has 0 aliphatic heterocycles. The number of rotatable bonds is 7. The van der Waals surface area contributed by atoms with Gasteiger partial charge in [-0.15, -0.1) is 0 Å². The first-order valence-electron chi connectivity index (χ1n) is 8.42. The smallest absolute Gasteiger partial charge is 0.338 e. The van der Waals surface area contributed by atoms with Gasteiger partial charge >= 0.3 is 5.97 Å². The van der Waals surface area contributed by atoms with Crippen LogP contribution in [0.3, 0.4) is 0 Å². The Labute approximate surface area is 162 Å². The molecular weight excluding hydrogens is 368 g/mol. The van der Waals surface area contributed by atoms with Crippen molar-refractivity contribution in [2.75, 3.05) is 0 Å². The van der Waals surface area contributed by atoms with Crippen LogP contribution in [0.2, 0.25) is 5.02 Å². The normalized spacial score (nSPS) is 11.4. The Hall–Kier alpha value is -2.86. The Balaban J connectivity index is 1.86. The van der Waals surface area contributed by atoms with Crippen LogP contribution in [0.15, 0.2) is 48.5 Å². The summed E-state index contributed by atoms with van der Waals surface area (Å²) in [5.41, 5.74) is 1.96. The molecule has 0 aliphatic rings. The molecule has 6 nitrogen and oxygen atoms in total. The molecule has 0 heterocycles. The van der Waals surface area contributed by atoms with Gasteiger partial charge < -0.3 is 15.4 Å². The van der Waals surface area contributed by atoms with Crippen LogP contribution in [0.1, 0.15) is 35.3 Å². The lowest BCUT2D eigenvalue weighted by molar-refractivity contribution is -0.129. The molecule has 142 valence electrons. The van der Waals surface area contributed by atoms with Gasteiger partial charge in [0.15, 0.2) is 6.10 Å². The zero-order valence-corrected chi connectivity index (χ0v) is 15.9. The molecule has 1 unspecified atom stereocenters. The maximum absolute atomic E-state index is 12.2. The van der Waals surface area contributed by atoms with Gasteiger partial charge in [0, 0.05) is 25.0 Å². The molecule has 27 heavy (non-hydrogen) atoms. The molecule has 0 aliphatic carbocycles. The lowest BCUT2D eigenvalue weighted by atomic mass is 10.1. The van der Waals surface area contributed by atoms with E-state index in [4.69, 9.17) is 16.3 Å². The van der Waals surface area contributed by atoms with E-state index in [2.05, 4.69) is 10.6 Å². The third kappa shape index (κ3) is 6.42. The van der Waals surface area contributed by atoms with Gasteiger partial charge in [-0.3, -0.25) is 9.59 Å². The average Bonchev–Trinajstić information content (AvgIpc) is 2.65. The van der Waals surface area contributed by atoms with Crippen molar-refractivity contribution < 1.29 is 19.1 Å². The first kappa shape index (κ1) is 20.5. The summed E-state index contributed by atoms with van der Waals surface area (Å²) in [5.74, 6) is -1.14. The Kier molecular flexibility index (Phi) is 7.37. The first-order chi connectivity index (χ1) is 12.9. The highest BCUT2D eigenvalue weighted by molar-refractivity contribution is 6.31. The molecule has 0 saturated carbocycles. The second-order valence-corrected chi connectivity index (χ2v) is 6.37. The van der Waals surface area contributed by atoms with Crippen LogP contribution in [0.5, 0.6) is 0 Å². The molecule has 1 atom stereocenters. The number of nitrogens with one attached hydrogen (secondary N) is 2. The van der Waals surface area contributed by atoms with E-state index < -0.39 is 18.0 Å². The predicted octanol–water partition coefficient (Wildman–Crippen LogP) is 2.84. The summed E-state index contributed by atoms with van der Waals surface area (Å²) in [6.45, 7) is 3.57. The fourth-order valence-corrected chi connectivity index (χ4v) is 2.44. The molecular formula is C20H21ClN2O4. The molecule has 2 aromatic carbocycles. The molecule has 0 saturated heterocycles. The standard InChI is InChI=1S/C20H21ClN2O4/c1-13(19(25)23-12-17-5-3-4-6-18(17)21)27-20(26)16-9-7-15(8-10-16)11-22-14(2)24/h3-10,13H,11-12H2,1-2H3,(H,22,24)(H,23,25). The summed E-state index contributed by atoms with van der Waals surface area (Å²) in [6, 6.07) is 13.8. The molecule has 2 aromatic rings. The molecule has 0 aromatic heterocycles. The topological polar surface area (TPSA) is 84.5 Å². The minimum Gasteiger partial charge on any atom is -0.449 e. The molecule has 0 fully saturated rings. The number of hydrogen-bond donors (Lipinski definition) is 2. The van der Waals surface area contributed by atoms with Crippen LogP contribution >= 0.6 is 11.6 Å². The fourth-order valence-electron chi connectivity index (χ4n) is 2.24. The second kappa shape index (κ2) is 9.73. The molecule has 0 spiro atoms. The largest absolute Gasteiger partial charge is 0.449 e. The molecule has 2 rings (SSSR count). The molecule has 0 radical (unpaired) electrons. The maximum Gasteiger partial charge on any atom is 0.338 e. The van der Waals surface area contributed by atoms with E-state index in [-0.39, 0.29) is 12.5 Å². The van der Waals surface area contributed by atoms with Crippen molar-refractivity contribution in [1.82, 2.24) is 10.6 Å². The monoisotopic (exact) mass is 388 g/mol. The van der Waals surface area contributed by atoms with E-state index >= 15 is 0 Å². The van der Waals surface area contributed by atoms with Gasteiger partial charge in [0.1, 0.15) is 0 Å². The molecule has 7 heteroatoms. The molecule has 2 amide bonds. The van der Waals surface area contributed by atoms with Crippen LogP contribution in [-0.4, -0.2) is 23.9 Å². The SMILES string of the molecule is CC(=O)NCc1ccc(C(=O)OC(C)C(=O)NCc2ccccc2Cl)cc1. The van der Waals surface area contributed by atoms with Crippen molar-refractivity contribution in [2.24, 2.45) is 0 Å². The van der Waals surface area contributed by atoms with Crippen molar-refractivity contribution in [1.29, 1.82) is 0 Å². The number of hydrogen-bond acceptors (Lipinski definition) is 4. The Morgan fingerprint density at radius 1 is 1.00 bits per heavy atom. The van der Waals surface area contributed by atoms with Gasteiger partial charge in [-0.2, -0.15) is 0 Å². The van der Waals surface area contributed by atoms with Crippen molar-refractivity contribution >= 4 is 29.4 Å². The van der Waals surface area contributed by atoms with Crippen molar-refractivity contribution in [2.45, 2.75) is 33.0 Å². The van der Waals surface area contributed by atoms with Gasteiger partial charge in [-0.1, -0.05) is 41.9 Å². The number of benzene rings is 2.